The number of fused-ring (bicyclic) bond motifs is 1. The average Bonchev–Trinajstić information content (AvgIpc) is 3.09. The van der Waals surface area contributed by atoms with Crippen molar-refractivity contribution in [1.29, 1.82) is 0 Å². The van der Waals surface area contributed by atoms with Crippen LogP contribution in [0.3, 0.4) is 0 Å². The first-order chi connectivity index (χ1) is 12.9. The molecule has 2 heterocycles. The molecule has 1 aromatic carbocycles. The highest BCUT2D eigenvalue weighted by Gasteiger charge is 2.38. The molecule has 3 rings (SSSR count). The molecule has 142 valence electrons. The highest BCUT2D eigenvalue weighted by atomic mass is 16.5. The molecule has 12 heteroatoms. The predicted octanol–water partition coefficient (Wildman–Crippen LogP) is -2.10. The summed E-state index contributed by atoms with van der Waals surface area (Å²) < 4.78 is 6.74. The van der Waals surface area contributed by atoms with Crippen LogP contribution in [0.4, 0.5) is 0 Å². The van der Waals surface area contributed by atoms with Gasteiger partial charge in [-0.25, -0.2) is 4.79 Å². The monoisotopic (exact) mass is 374 g/mol. The van der Waals surface area contributed by atoms with Crippen LogP contribution in [0.2, 0.25) is 0 Å². The maximum atomic E-state index is 12.3. The molecule has 0 bridgehead atoms. The molecule has 11 nitrogen and oxygen atoms in total. The molecule has 0 fully saturated rings. The van der Waals surface area contributed by atoms with Crippen molar-refractivity contribution in [3.05, 3.63) is 41.2 Å². The lowest BCUT2D eigenvalue weighted by molar-refractivity contribution is -0.123. The molecular formula is C15H19BN6O5. The summed E-state index contributed by atoms with van der Waals surface area (Å²) in [4.78, 5) is 23.6. The van der Waals surface area contributed by atoms with E-state index in [2.05, 4.69) is 15.6 Å². The van der Waals surface area contributed by atoms with Crippen LogP contribution in [0.1, 0.15) is 21.6 Å². The largest absolute Gasteiger partial charge is 0.547 e. The number of hydrogen-bond acceptors (Lipinski definition) is 8. The Morgan fingerprint density at radius 3 is 2.93 bits per heavy atom. The lowest BCUT2D eigenvalue weighted by Gasteiger charge is -2.29. The number of rotatable bonds is 6. The van der Waals surface area contributed by atoms with Gasteiger partial charge in [-0.3, -0.25) is 9.48 Å². The fourth-order valence-electron chi connectivity index (χ4n) is 2.81. The van der Waals surface area contributed by atoms with Crippen LogP contribution in [-0.4, -0.2) is 56.1 Å². The topological polar surface area (TPSA) is 179 Å². The van der Waals surface area contributed by atoms with Crippen LogP contribution < -0.4 is 21.4 Å². The van der Waals surface area contributed by atoms with E-state index in [4.69, 9.17) is 16.1 Å². The van der Waals surface area contributed by atoms with Crippen LogP contribution in [0.15, 0.2) is 24.4 Å². The van der Waals surface area contributed by atoms with E-state index in [9.17, 15) is 19.7 Å². The van der Waals surface area contributed by atoms with Gasteiger partial charge >= 0.3 is 13.1 Å². The highest BCUT2D eigenvalue weighted by molar-refractivity contribution is 6.47. The van der Waals surface area contributed by atoms with Gasteiger partial charge in [-0.05, 0) is 18.1 Å². The molecule has 1 amide bonds. The molecule has 7 N–H and O–H groups in total. The van der Waals surface area contributed by atoms with Gasteiger partial charge in [-0.2, -0.15) is 0 Å². The van der Waals surface area contributed by atoms with Gasteiger partial charge in [0, 0.05) is 12.7 Å². The Morgan fingerprint density at radius 1 is 1.48 bits per heavy atom. The third-order valence-corrected chi connectivity index (χ3v) is 4.19. The second-order valence-electron chi connectivity index (χ2n) is 6.17. The van der Waals surface area contributed by atoms with Gasteiger partial charge in [0.25, 0.3) is 0 Å². The summed E-state index contributed by atoms with van der Waals surface area (Å²) in [6.45, 7) is 0.313. The van der Waals surface area contributed by atoms with Gasteiger partial charge in [0.2, 0.25) is 5.91 Å². The standard InChI is InChI=1S/C15H19BN6O5/c17-5-9-6-22(21-20-9)7-11(18)14(23)19-12-4-8-2-1-3-10(15(24)25)13(8)27-16(12)26/h1-3,6,11-12,26H,4-5,7,17-18H2,(H,19,23)(H,24,25)/t11?,12-/m0/s1. The summed E-state index contributed by atoms with van der Waals surface area (Å²) in [6, 6.07) is 3.71. The zero-order valence-electron chi connectivity index (χ0n) is 14.3. The van der Waals surface area contributed by atoms with E-state index in [1.54, 1.807) is 18.3 Å². The van der Waals surface area contributed by atoms with Crippen LogP contribution in [0.25, 0.3) is 0 Å². The van der Waals surface area contributed by atoms with Crippen molar-refractivity contribution in [2.75, 3.05) is 0 Å². The first-order valence-corrected chi connectivity index (χ1v) is 8.24. The molecule has 27 heavy (non-hydrogen) atoms. The van der Waals surface area contributed by atoms with Crippen molar-refractivity contribution in [2.24, 2.45) is 11.5 Å². The van der Waals surface area contributed by atoms with Crippen molar-refractivity contribution in [3.8, 4) is 5.75 Å². The Balaban J connectivity index is 1.66. The van der Waals surface area contributed by atoms with Gasteiger partial charge in [0.05, 0.1) is 23.7 Å². The molecule has 1 aliphatic rings. The zero-order chi connectivity index (χ0) is 19.6. The van der Waals surface area contributed by atoms with Gasteiger partial charge in [0.15, 0.2) is 0 Å². The Bertz CT molecular complexity index is 859. The number of nitrogens with zero attached hydrogens (tertiary/aromatic N) is 3. The third kappa shape index (κ3) is 4.08. The molecule has 0 spiro atoms. The van der Waals surface area contributed by atoms with Crippen LogP contribution in [0, 0.1) is 0 Å². The number of nitrogens with two attached hydrogens (primary N) is 2. The number of carbonyl (C=O) groups excluding carboxylic acids is 1. The molecule has 0 saturated heterocycles. The quantitative estimate of drug-likeness (QED) is 0.354. The summed E-state index contributed by atoms with van der Waals surface area (Å²) in [5.74, 6) is -2.34. The van der Waals surface area contributed by atoms with E-state index in [1.165, 1.54) is 10.7 Å². The minimum absolute atomic E-state index is 0.0464. The lowest BCUT2D eigenvalue weighted by atomic mass is 9.72. The normalized spacial score (nSPS) is 17.0. The molecule has 0 saturated carbocycles. The third-order valence-electron chi connectivity index (χ3n) is 4.19. The number of aromatic carboxylic acids is 1. The van der Waals surface area contributed by atoms with Crippen molar-refractivity contribution in [2.45, 2.75) is 31.5 Å². The maximum absolute atomic E-state index is 12.3. The molecule has 0 aliphatic carbocycles. The second kappa shape index (κ2) is 7.74. The Hall–Kier alpha value is -2.96. The lowest BCUT2D eigenvalue weighted by Crippen LogP contribution is -2.57. The number of carboxylic acids is 1. The van der Waals surface area contributed by atoms with Gasteiger partial charge in [-0.15, -0.1) is 5.10 Å². The SMILES string of the molecule is NCc1cn(CC(N)C(=O)N[C@H]2Cc3cccc(C(=O)O)c3OB2O)nn1. The van der Waals surface area contributed by atoms with E-state index in [1.807, 2.05) is 0 Å². The summed E-state index contributed by atoms with van der Waals surface area (Å²) in [5.41, 5.74) is 12.4. The summed E-state index contributed by atoms with van der Waals surface area (Å²) in [6.07, 6.45) is 1.80. The summed E-state index contributed by atoms with van der Waals surface area (Å²) >= 11 is 0. The smallest absolute Gasteiger partial charge is 0.534 e. The molecule has 2 atom stereocenters. The predicted molar refractivity (Wildman–Crippen MR) is 93.5 cm³/mol. The summed E-state index contributed by atoms with van der Waals surface area (Å²) in [5, 5.41) is 29.6. The minimum Gasteiger partial charge on any atom is -0.534 e. The fourth-order valence-corrected chi connectivity index (χ4v) is 2.81. The second-order valence-corrected chi connectivity index (χ2v) is 6.17. The highest BCUT2D eigenvalue weighted by Crippen LogP contribution is 2.30. The van der Waals surface area contributed by atoms with E-state index < -0.39 is 31.0 Å². The molecule has 1 aromatic heterocycles. The molecular weight excluding hydrogens is 355 g/mol. The zero-order valence-corrected chi connectivity index (χ0v) is 14.3. The molecule has 2 aromatic rings. The van der Waals surface area contributed by atoms with Crippen LogP contribution in [-0.2, 0) is 24.3 Å². The van der Waals surface area contributed by atoms with Crippen molar-refractivity contribution in [1.82, 2.24) is 20.3 Å². The average molecular weight is 374 g/mol. The fraction of sp³-hybridized carbons (Fsp3) is 0.333. The molecule has 0 radical (unpaired) electrons. The molecule has 1 unspecified atom stereocenters. The van der Waals surface area contributed by atoms with Crippen molar-refractivity contribution >= 4 is 19.0 Å². The number of hydrogen-bond donors (Lipinski definition) is 5. The van der Waals surface area contributed by atoms with E-state index in [0.29, 0.717) is 11.3 Å². The Morgan fingerprint density at radius 2 is 2.26 bits per heavy atom. The first kappa shape index (κ1) is 18.8. The van der Waals surface area contributed by atoms with Crippen LogP contribution in [0.5, 0.6) is 5.75 Å². The van der Waals surface area contributed by atoms with Gasteiger partial charge < -0.3 is 31.6 Å². The number of carboxylic acid groups (broad SMARTS) is 1. The number of benzene rings is 1. The summed E-state index contributed by atoms with van der Waals surface area (Å²) in [7, 11) is -1.40. The number of carbonyl (C=O) groups is 2. The number of amides is 1. The van der Waals surface area contributed by atoms with Crippen molar-refractivity contribution in [3.63, 3.8) is 0 Å². The van der Waals surface area contributed by atoms with Crippen LogP contribution >= 0.6 is 0 Å². The Kier molecular flexibility index (Phi) is 5.39. The van der Waals surface area contributed by atoms with Crippen molar-refractivity contribution < 1.29 is 24.4 Å². The first-order valence-electron chi connectivity index (χ1n) is 8.24. The number of para-hydroxylation sites is 1. The Labute approximate surface area is 154 Å². The number of aromatic nitrogens is 3. The van der Waals surface area contributed by atoms with Gasteiger partial charge in [-0.1, -0.05) is 17.3 Å². The van der Waals surface area contributed by atoms with Gasteiger partial charge in [0.1, 0.15) is 11.8 Å². The molecule has 1 aliphatic heterocycles. The van der Waals surface area contributed by atoms with E-state index >= 15 is 0 Å². The maximum Gasteiger partial charge on any atom is 0.547 e. The minimum atomic E-state index is -1.40. The van der Waals surface area contributed by atoms with E-state index in [0.717, 1.165) is 0 Å². The number of nitrogens with one attached hydrogen (secondary N) is 1. The van der Waals surface area contributed by atoms with E-state index in [-0.39, 0.29) is 30.8 Å².